The summed E-state index contributed by atoms with van der Waals surface area (Å²) in [5.74, 6) is -0.275. The summed E-state index contributed by atoms with van der Waals surface area (Å²) in [6, 6.07) is 9.52. The molecule has 0 radical (unpaired) electrons. The molecule has 0 aliphatic carbocycles. The van der Waals surface area contributed by atoms with Crippen LogP contribution in [0.15, 0.2) is 36.4 Å². The Hall–Kier alpha value is -2.10. The van der Waals surface area contributed by atoms with Gasteiger partial charge in [0.25, 0.3) is 0 Å². The first-order valence-electron chi connectivity index (χ1n) is 7.09. The highest BCUT2D eigenvalue weighted by Crippen LogP contribution is 2.36. The van der Waals surface area contributed by atoms with E-state index in [0.717, 1.165) is 35.8 Å². The third-order valence-electron chi connectivity index (χ3n) is 3.76. The molecule has 0 aromatic heterocycles. The Morgan fingerprint density at radius 3 is 2.86 bits per heavy atom. The lowest BCUT2D eigenvalue weighted by Gasteiger charge is -2.20. The van der Waals surface area contributed by atoms with Gasteiger partial charge in [0, 0.05) is 11.6 Å². The van der Waals surface area contributed by atoms with E-state index < -0.39 is 11.6 Å². The fraction of sp³-hybridized carbons (Fsp3) is 0.294. The first-order chi connectivity index (χ1) is 10.1. The molecule has 0 saturated heterocycles. The molecule has 2 aromatic rings. The number of fused-ring (bicyclic) bond motifs is 1. The van der Waals surface area contributed by atoms with Gasteiger partial charge < -0.3 is 10.1 Å². The zero-order valence-corrected chi connectivity index (χ0v) is 11.8. The molecule has 4 heteroatoms. The lowest BCUT2D eigenvalue weighted by molar-refractivity contribution is 0.314. The first kappa shape index (κ1) is 13.9. The third kappa shape index (κ3) is 2.84. The molecule has 1 aliphatic heterocycles. The van der Waals surface area contributed by atoms with Crippen molar-refractivity contribution in [3.05, 3.63) is 59.2 Å². The SMILES string of the molecule is Cc1cccc2c1OCCCC2Nc1ccc(F)cc1F. The number of benzene rings is 2. The Morgan fingerprint density at radius 2 is 2.05 bits per heavy atom. The van der Waals surface area contributed by atoms with Gasteiger partial charge in [0.1, 0.15) is 17.4 Å². The second-order valence-corrected chi connectivity index (χ2v) is 5.31. The Labute approximate surface area is 122 Å². The van der Waals surface area contributed by atoms with Crippen LogP contribution < -0.4 is 10.1 Å². The van der Waals surface area contributed by atoms with Gasteiger partial charge in [-0.15, -0.1) is 0 Å². The lowest BCUT2D eigenvalue weighted by atomic mass is 9.99. The summed E-state index contributed by atoms with van der Waals surface area (Å²) in [7, 11) is 0. The number of hydrogen-bond donors (Lipinski definition) is 1. The van der Waals surface area contributed by atoms with Gasteiger partial charge in [-0.1, -0.05) is 18.2 Å². The van der Waals surface area contributed by atoms with Gasteiger partial charge in [-0.3, -0.25) is 0 Å². The van der Waals surface area contributed by atoms with Gasteiger partial charge in [-0.25, -0.2) is 8.78 Å². The van der Waals surface area contributed by atoms with Crippen LogP contribution in [0.3, 0.4) is 0 Å². The second-order valence-electron chi connectivity index (χ2n) is 5.31. The van der Waals surface area contributed by atoms with Crippen molar-refractivity contribution in [1.29, 1.82) is 0 Å². The third-order valence-corrected chi connectivity index (χ3v) is 3.76. The summed E-state index contributed by atoms with van der Waals surface area (Å²) in [5, 5.41) is 3.18. The van der Waals surface area contributed by atoms with Gasteiger partial charge in [0.05, 0.1) is 18.3 Å². The van der Waals surface area contributed by atoms with E-state index in [-0.39, 0.29) is 6.04 Å². The standard InChI is InChI=1S/C17H17F2NO/c1-11-4-2-5-13-15(6-3-9-21-17(11)13)20-16-8-7-12(18)10-14(16)19/h2,4-5,7-8,10,15,20H,3,6,9H2,1H3. The molecule has 0 saturated carbocycles. The molecule has 3 rings (SSSR count). The van der Waals surface area contributed by atoms with Gasteiger partial charge in [0.15, 0.2) is 0 Å². The van der Waals surface area contributed by atoms with E-state index in [1.807, 2.05) is 25.1 Å². The number of halogens is 2. The summed E-state index contributed by atoms with van der Waals surface area (Å²) in [5.41, 5.74) is 2.41. The maximum atomic E-state index is 13.8. The molecule has 1 atom stereocenters. The number of hydrogen-bond acceptors (Lipinski definition) is 2. The highest BCUT2D eigenvalue weighted by molar-refractivity contribution is 5.51. The van der Waals surface area contributed by atoms with E-state index in [1.54, 1.807) is 0 Å². The predicted molar refractivity (Wildman–Crippen MR) is 78.6 cm³/mol. The van der Waals surface area contributed by atoms with E-state index in [0.29, 0.717) is 12.3 Å². The average Bonchev–Trinajstić information content (AvgIpc) is 2.66. The number of aryl methyl sites for hydroxylation is 1. The van der Waals surface area contributed by atoms with E-state index >= 15 is 0 Å². The molecule has 21 heavy (non-hydrogen) atoms. The molecule has 0 fully saturated rings. The van der Waals surface area contributed by atoms with Crippen molar-refractivity contribution in [2.45, 2.75) is 25.8 Å². The van der Waals surface area contributed by atoms with Gasteiger partial charge in [-0.2, -0.15) is 0 Å². The number of nitrogens with one attached hydrogen (secondary N) is 1. The zero-order valence-electron chi connectivity index (χ0n) is 11.8. The molecule has 2 nitrogen and oxygen atoms in total. The molecule has 1 N–H and O–H groups in total. The smallest absolute Gasteiger partial charge is 0.149 e. The minimum atomic E-state index is -0.575. The van der Waals surface area contributed by atoms with E-state index in [2.05, 4.69) is 5.32 Å². The fourth-order valence-corrected chi connectivity index (χ4v) is 2.71. The van der Waals surface area contributed by atoms with Crippen LogP contribution in [0, 0.1) is 18.6 Å². The Bertz CT molecular complexity index is 657. The van der Waals surface area contributed by atoms with E-state index in [1.165, 1.54) is 12.1 Å². The first-order valence-corrected chi connectivity index (χ1v) is 7.09. The Morgan fingerprint density at radius 1 is 1.19 bits per heavy atom. The Kier molecular flexibility index (Phi) is 3.78. The van der Waals surface area contributed by atoms with Crippen molar-refractivity contribution in [2.75, 3.05) is 11.9 Å². The summed E-state index contributed by atoms with van der Waals surface area (Å²) < 4.78 is 32.6. The summed E-state index contributed by atoms with van der Waals surface area (Å²) >= 11 is 0. The molecule has 1 heterocycles. The van der Waals surface area contributed by atoms with Crippen LogP contribution in [0.25, 0.3) is 0 Å². The normalized spacial score (nSPS) is 17.6. The minimum absolute atomic E-state index is 0.0395. The van der Waals surface area contributed by atoms with Crippen LogP contribution in [-0.4, -0.2) is 6.61 Å². The van der Waals surface area contributed by atoms with Crippen molar-refractivity contribution in [1.82, 2.24) is 0 Å². The number of rotatable bonds is 2. The maximum Gasteiger partial charge on any atom is 0.149 e. The quantitative estimate of drug-likeness (QED) is 0.872. The van der Waals surface area contributed by atoms with Crippen molar-refractivity contribution in [2.24, 2.45) is 0 Å². The highest BCUT2D eigenvalue weighted by Gasteiger charge is 2.21. The van der Waals surface area contributed by atoms with Crippen LogP contribution >= 0.6 is 0 Å². The van der Waals surface area contributed by atoms with Crippen LogP contribution in [0.1, 0.15) is 30.0 Å². The predicted octanol–water partition coefficient (Wildman–Crippen LogP) is 4.60. The average molecular weight is 289 g/mol. The highest BCUT2D eigenvalue weighted by atomic mass is 19.1. The molecule has 2 aromatic carbocycles. The fourth-order valence-electron chi connectivity index (χ4n) is 2.71. The number of anilines is 1. The van der Waals surface area contributed by atoms with Gasteiger partial charge >= 0.3 is 0 Å². The van der Waals surface area contributed by atoms with E-state index in [4.69, 9.17) is 4.74 Å². The molecular weight excluding hydrogens is 272 g/mol. The maximum absolute atomic E-state index is 13.8. The van der Waals surface area contributed by atoms with Crippen molar-refractivity contribution in [3.8, 4) is 5.75 Å². The lowest BCUT2D eigenvalue weighted by Crippen LogP contribution is -2.11. The molecular formula is C17H17F2NO. The minimum Gasteiger partial charge on any atom is -0.493 e. The van der Waals surface area contributed by atoms with Gasteiger partial charge in [0.2, 0.25) is 0 Å². The van der Waals surface area contributed by atoms with Gasteiger partial charge in [-0.05, 0) is 37.5 Å². The van der Waals surface area contributed by atoms with Crippen LogP contribution in [0.2, 0.25) is 0 Å². The van der Waals surface area contributed by atoms with Crippen molar-refractivity contribution < 1.29 is 13.5 Å². The Balaban J connectivity index is 1.94. The number of para-hydroxylation sites is 1. The second kappa shape index (κ2) is 5.72. The molecule has 0 spiro atoms. The molecule has 0 amide bonds. The van der Waals surface area contributed by atoms with E-state index in [9.17, 15) is 8.78 Å². The van der Waals surface area contributed by atoms with Crippen LogP contribution in [0.4, 0.5) is 14.5 Å². The van der Waals surface area contributed by atoms with Crippen molar-refractivity contribution >= 4 is 5.69 Å². The monoisotopic (exact) mass is 289 g/mol. The van der Waals surface area contributed by atoms with Crippen molar-refractivity contribution in [3.63, 3.8) is 0 Å². The molecule has 1 unspecified atom stereocenters. The van der Waals surface area contributed by atoms with Crippen LogP contribution in [0.5, 0.6) is 5.75 Å². The topological polar surface area (TPSA) is 21.3 Å². The zero-order chi connectivity index (χ0) is 14.8. The molecule has 110 valence electrons. The van der Waals surface area contributed by atoms with Crippen LogP contribution in [-0.2, 0) is 0 Å². The largest absolute Gasteiger partial charge is 0.493 e. The summed E-state index contributed by atoms with van der Waals surface area (Å²) in [4.78, 5) is 0. The summed E-state index contributed by atoms with van der Waals surface area (Å²) in [6.07, 6.45) is 1.72. The molecule has 0 bridgehead atoms. The number of ether oxygens (including phenoxy) is 1. The summed E-state index contributed by atoms with van der Waals surface area (Å²) in [6.45, 7) is 2.65. The molecule has 1 aliphatic rings.